The van der Waals surface area contributed by atoms with Crippen LogP contribution in [0, 0.1) is 11.8 Å². The Morgan fingerprint density at radius 2 is 2.04 bits per heavy atom. The van der Waals surface area contributed by atoms with Gasteiger partial charge in [-0.1, -0.05) is 24.6 Å². The highest BCUT2D eigenvalue weighted by molar-refractivity contribution is 6.33. The van der Waals surface area contributed by atoms with E-state index in [1.54, 1.807) is 9.47 Å². The normalized spacial score (nSPS) is 21.0. The standard InChI is InChI=1S/C34H33ClF3N7O5/c1-3-43(32(49)28-23(46)5-4-11-39-28)12-8-20-25-17(2)26(25)29-27(20)31(48)45-33(41-30(42-45)18-9-13-50-14-10-18)44(29)16-24(47)40-22-7-6-19(15-21(22)35)34(36,37)38/h4-7,9,11,15,17,20,25-26,46H,3,8,10,12-14,16H2,1-2H3,(H,40,47). The third kappa shape index (κ3) is 5.91. The molecule has 7 rings (SSSR count). The number of aromatic hydroxyl groups is 1. The van der Waals surface area contributed by atoms with Crippen LogP contribution in [0.3, 0.4) is 0 Å². The summed E-state index contributed by atoms with van der Waals surface area (Å²) in [5.74, 6) is -0.832. The predicted molar refractivity (Wildman–Crippen MR) is 176 cm³/mol. The zero-order valence-corrected chi connectivity index (χ0v) is 27.8. The largest absolute Gasteiger partial charge is 0.505 e. The lowest BCUT2D eigenvalue weighted by atomic mass is 9.92. The fourth-order valence-corrected chi connectivity index (χ4v) is 7.66. The summed E-state index contributed by atoms with van der Waals surface area (Å²) in [6, 6.07) is 5.62. The number of hydrogen-bond acceptors (Lipinski definition) is 8. The van der Waals surface area contributed by atoms with Crippen molar-refractivity contribution in [3.63, 3.8) is 0 Å². The van der Waals surface area contributed by atoms with Gasteiger partial charge >= 0.3 is 6.18 Å². The van der Waals surface area contributed by atoms with E-state index in [2.05, 4.69) is 22.3 Å². The first-order chi connectivity index (χ1) is 23.9. The molecule has 16 heteroatoms. The number of alkyl halides is 3. The van der Waals surface area contributed by atoms with E-state index in [9.17, 15) is 32.7 Å². The van der Waals surface area contributed by atoms with Gasteiger partial charge in [-0.05, 0) is 73.4 Å². The molecule has 3 aromatic heterocycles. The molecule has 4 heterocycles. The molecule has 4 unspecified atom stereocenters. The fraction of sp³-hybridized carbons (Fsp3) is 0.412. The lowest BCUT2D eigenvalue weighted by molar-refractivity contribution is -0.137. The number of halogens is 4. The quantitative estimate of drug-likeness (QED) is 0.244. The molecule has 262 valence electrons. The first kappa shape index (κ1) is 33.7. The van der Waals surface area contributed by atoms with Gasteiger partial charge < -0.3 is 24.6 Å². The minimum absolute atomic E-state index is 0.00621. The second-order valence-electron chi connectivity index (χ2n) is 12.7. The summed E-state index contributed by atoms with van der Waals surface area (Å²) in [6.07, 6.45) is -0.353. The third-order valence-corrected chi connectivity index (χ3v) is 10.2. The van der Waals surface area contributed by atoms with Crippen molar-refractivity contribution in [3.05, 3.63) is 86.3 Å². The Bertz CT molecular complexity index is 2110. The van der Waals surface area contributed by atoms with Crippen molar-refractivity contribution in [2.24, 2.45) is 11.8 Å². The van der Waals surface area contributed by atoms with Gasteiger partial charge in [-0.2, -0.15) is 22.7 Å². The van der Waals surface area contributed by atoms with Gasteiger partial charge in [0.25, 0.3) is 11.5 Å². The summed E-state index contributed by atoms with van der Waals surface area (Å²) in [7, 11) is 0. The van der Waals surface area contributed by atoms with E-state index in [-0.39, 0.29) is 70.3 Å². The van der Waals surface area contributed by atoms with E-state index >= 15 is 0 Å². The number of nitrogens with one attached hydrogen (secondary N) is 1. The number of hydrogen-bond donors (Lipinski definition) is 2. The molecule has 0 spiro atoms. The van der Waals surface area contributed by atoms with Crippen molar-refractivity contribution in [2.45, 2.75) is 51.2 Å². The van der Waals surface area contributed by atoms with Crippen LogP contribution in [0.2, 0.25) is 5.02 Å². The first-order valence-electron chi connectivity index (χ1n) is 16.3. The molecule has 0 saturated heterocycles. The van der Waals surface area contributed by atoms with Gasteiger partial charge in [0.15, 0.2) is 11.5 Å². The number of benzene rings is 1. The van der Waals surface area contributed by atoms with Crippen LogP contribution in [0.15, 0.2) is 47.4 Å². The van der Waals surface area contributed by atoms with Crippen molar-refractivity contribution in [1.82, 2.24) is 29.0 Å². The molecule has 2 aliphatic carbocycles. The maximum Gasteiger partial charge on any atom is 0.416 e. The number of carbonyl (C=O) groups excluding carboxylic acids is 2. The smallest absolute Gasteiger partial charge is 0.416 e. The highest BCUT2D eigenvalue weighted by Gasteiger charge is 2.61. The molecule has 1 aromatic carbocycles. The number of ether oxygens (including phenoxy) is 1. The number of anilines is 1. The first-order valence-corrected chi connectivity index (χ1v) is 16.7. The Labute approximate surface area is 288 Å². The lowest BCUT2D eigenvalue weighted by Gasteiger charge is -2.24. The van der Waals surface area contributed by atoms with Crippen LogP contribution >= 0.6 is 11.6 Å². The number of nitrogens with zero attached hydrogens (tertiary/aromatic N) is 6. The molecule has 4 atom stereocenters. The van der Waals surface area contributed by atoms with Gasteiger partial charge in [-0.3, -0.25) is 14.4 Å². The van der Waals surface area contributed by atoms with Crippen molar-refractivity contribution in [2.75, 3.05) is 31.6 Å². The van der Waals surface area contributed by atoms with E-state index in [0.717, 1.165) is 23.8 Å². The molecule has 3 aliphatic rings. The van der Waals surface area contributed by atoms with Gasteiger partial charge in [-0.15, -0.1) is 5.10 Å². The van der Waals surface area contributed by atoms with Crippen LogP contribution < -0.4 is 10.9 Å². The Morgan fingerprint density at radius 1 is 1.24 bits per heavy atom. The molecule has 1 aliphatic heterocycles. The van der Waals surface area contributed by atoms with Crippen LogP contribution in [-0.4, -0.2) is 72.3 Å². The van der Waals surface area contributed by atoms with E-state index in [1.165, 1.54) is 22.8 Å². The topological polar surface area (TPSA) is 144 Å². The maximum atomic E-state index is 14.3. The number of carbonyl (C=O) groups is 2. The SMILES string of the molecule is CCN(CCC1c2c(n(CC(=O)Nc3ccc(C(F)(F)F)cc3Cl)c3nc(C4=CCOCC4)nn3c2=O)C2C(C)C12)C(=O)c1ncccc1O. The lowest BCUT2D eigenvalue weighted by Crippen LogP contribution is -2.34. The van der Waals surface area contributed by atoms with Gasteiger partial charge in [0.05, 0.1) is 29.5 Å². The molecule has 4 aromatic rings. The van der Waals surface area contributed by atoms with Crippen LogP contribution in [-0.2, 0) is 22.3 Å². The molecule has 1 fully saturated rings. The second kappa shape index (κ2) is 12.8. The van der Waals surface area contributed by atoms with Crippen LogP contribution in [0.5, 0.6) is 5.75 Å². The highest BCUT2D eigenvalue weighted by Crippen LogP contribution is 2.67. The van der Waals surface area contributed by atoms with Crippen LogP contribution in [0.4, 0.5) is 18.9 Å². The summed E-state index contributed by atoms with van der Waals surface area (Å²) in [6.45, 7) is 5.04. The molecule has 12 nitrogen and oxygen atoms in total. The Hall–Kier alpha value is -4.76. The average molecular weight is 712 g/mol. The molecule has 50 heavy (non-hydrogen) atoms. The maximum absolute atomic E-state index is 14.3. The zero-order chi connectivity index (χ0) is 35.5. The third-order valence-electron chi connectivity index (χ3n) is 9.91. The van der Waals surface area contributed by atoms with E-state index in [0.29, 0.717) is 49.7 Å². The molecule has 0 bridgehead atoms. The molecule has 2 N–H and O–H groups in total. The summed E-state index contributed by atoms with van der Waals surface area (Å²) < 4.78 is 48.0. The van der Waals surface area contributed by atoms with Gasteiger partial charge in [0.1, 0.15) is 12.3 Å². The molecule has 1 saturated carbocycles. The van der Waals surface area contributed by atoms with Crippen molar-refractivity contribution in [3.8, 4) is 5.75 Å². The minimum Gasteiger partial charge on any atom is -0.505 e. The predicted octanol–water partition coefficient (Wildman–Crippen LogP) is 5.11. The molecule has 2 amide bonds. The molecule has 0 radical (unpaired) electrons. The molecular formula is C34H33ClF3N7O5. The van der Waals surface area contributed by atoms with Gasteiger partial charge in [0, 0.05) is 36.5 Å². The summed E-state index contributed by atoms with van der Waals surface area (Å²) in [5, 5.41) is 17.2. The Balaban J connectivity index is 1.25. The number of fused-ring (bicyclic) bond motifs is 4. The zero-order valence-electron chi connectivity index (χ0n) is 27.1. The van der Waals surface area contributed by atoms with Crippen molar-refractivity contribution < 1.29 is 32.6 Å². The molecular weight excluding hydrogens is 679 g/mol. The van der Waals surface area contributed by atoms with Gasteiger partial charge in [-0.25, -0.2) is 4.98 Å². The summed E-state index contributed by atoms with van der Waals surface area (Å²) in [5.41, 5.74) is 0.606. The Morgan fingerprint density at radius 3 is 2.72 bits per heavy atom. The van der Waals surface area contributed by atoms with Crippen LogP contribution in [0.1, 0.15) is 71.7 Å². The van der Waals surface area contributed by atoms with E-state index in [4.69, 9.17) is 21.3 Å². The van der Waals surface area contributed by atoms with Crippen molar-refractivity contribution >= 4 is 40.5 Å². The number of rotatable bonds is 9. The number of aromatic nitrogens is 5. The number of pyridine rings is 1. The van der Waals surface area contributed by atoms with E-state index < -0.39 is 23.6 Å². The fourth-order valence-electron chi connectivity index (χ4n) is 7.43. The minimum atomic E-state index is -4.60. The number of amides is 2. The average Bonchev–Trinajstić information content (AvgIpc) is 3.40. The van der Waals surface area contributed by atoms with Crippen molar-refractivity contribution in [1.29, 1.82) is 0 Å². The van der Waals surface area contributed by atoms with Gasteiger partial charge in [0.2, 0.25) is 11.7 Å². The second-order valence-corrected chi connectivity index (χ2v) is 13.2. The van der Waals surface area contributed by atoms with E-state index in [1.807, 2.05) is 13.0 Å². The highest BCUT2D eigenvalue weighted by atomic mass is 35.5. The Kier molecular flexibility index (Phi) is 8.67. The summed E-state index contributed by atoms with van der Waals surface area (Å²) in [4.78, 5) is 51.5. The van der Waals surface area contributed by atoms with Crippen LogP contribution in [0.25, 0.3) is 11.4 Å². The summed E-state index contributed by atoms with van der Waals surface area (Å²) >= 11 is 6.14. The monoisotopic (exact) mass is 711 g/mol.